The molecule has 2 unspecified atom stereocenters. The van der Waals surface area contributed by atoms with E-state index in [1.54, 1.807) is 0 Å². The third kappa shape index (κ3) is 17.9. The zero-order chi connectivity index (χ0) is 14.3. The molecule has 0 saturated carbocycles. The Morgan fingerprint density at radius 3 is 1.79 bits per heavy atom. The number of rotatable bonds is 11. The first-order chi connectivity index (χ1) is 9.20. The van der Waals surface area contributed by atoms with Crippen molar-refractivity contribution in [1.29, 1.82) is 0 Å². The summed E-state index contributed by atoms with van der Waals surface area (Å²) in [5.41, 5.74) is 0. The lowest BCUT2D eigenvalue weighted by molar-refractivity contribution is 0.227. The van der Waals surface area contributed by atoms with Gasteiger partial charge in [0.25, 0.3) is 0 Å². The topological polar surface area (TPSA) is 32.8 Å². The van der Waals surface area contributed by atoms with Gasteiger partial charge in [0.2, 0.25) is 0 Å². The highest BCUT2D eigenvalue weighted by molar-refractivity contribution is 4.58. The molecule has 1 heterocycles. The first-order valence-electron chi connectivity index (χ1n) is 8.43. The highest BCUT2D eigenvalue weighted by Gasteiger charge is 2.13. The third-order valence-electron chi connectivity index (χ3n) is 3.61. The van der Waals surface area contributed by atoms with Gasteiger partial charge < -0.3 is 9.84 Å². The summed E-state index contributed by atoms with van der Waals surface area (Å²) >= 11 is 0. The van der Waals surface area contributed by atoms with Crippen molar-refractivity contribution in [3.05, 3.63) is 0 Å². The van der Waals surface area contributed by atoms with Crippen LogP contribution >= 0.6 is 0 Å². The summed E-state index contributed by atoms with van der Waals surface area (Å²) in [7, 11) is 0. The number of ether oxygens (including phenoxy) is 1. The molecule has 1 saturated heterocycles. The van der Waals surface area contributed by atoms with Crippen LogP contribution < -0.4 is 0 Å². The molecule has 1 N–H and O–H groups in total. The number of unbranched alkanes of at least 4 members (excludes halogenated alkanes) is 8. The molecule has 2 nitrogen and oxygen atoms in total. The number of epoxide rings is 1. The highest BCUT2D eigenvalue weighted by atomic mass is 16.6. The van der Waals surface area contributed by atoms with E-state index in [-0.39, 0.29) is 0 Å². The van der Waals surface area contributed by atoms with E-state index in [0.29, 0.717) is 18.6 Å². The minimum absolute atomic E-state index is 0.358. The Labute approximate surface area is 120 Å². The summed E-state index contributed by atoms with van der Waals surface area (Å²) < 4.78 is 4.71. The molecule has 0 amide bonds. The second-order valence-electron chi connectivity index (χ2n) is 6.05. The Balaban J connectivity index is 0.000000678. The lowest BCUT2D eigenvalue weighted by Crippen LogP contribution is -1.99. The SMILES string of the molecule is CC1CO1.CCCCCCCCCCCC(C)CO. The zero-order valence-electron chi connectivity index (χ0n) is 13.5. The molecule has 1 aliphatic heterocycles. The highest BCUT2D eigenvalue weighted by Crippen LogP contribution is 2.12. The number of hydrogen-bond acceptors (Lipinski definition) is 2. The Hall–Kier alpha value is -0.0800. The Morgan fingerprint density at radius 1 is 1.00 bits per heavy atom. The van der Waals surface area contributed by atoms with Crippen molar-refractivity contribution >= 4 is 0 Å². The quantitative estimate of drug-likeness (QED) is 0.427. The Kier molecular flexibility index (Phi) is 14.3. The monoisotopic (exact) mass is 272 g/mol. The summed E-state index contributed by atoms with van der Waals surface area (Å²) in [5, 5.41) is 8.86. The molecule has 2 heteroatoms. The first kappa shape index (κ1) is 18.9. The fourth-order valence-corrected chi connectivity index (χ4v) is 1.99. The summed E-state index contributed by atoms with van der Waals surface area (Å²) in [6.07, 6.45) is 14.3. The molecular weight excluding hydrogens is 236 g/mol. The van der Waals surface area contributed by atoms with Crippen LogP contribution in [0.5, 0.6) is 0 Å². The van der Waals surface area contributed by atoms with E-state index >= 15 is 0 Å². The molecule has 0 aromatic carbocycles. The van der Waals surface area contributed by atoms with Crippen molar-refractivity contribution in [3.8, 4) is 0 Å². The van der Waals surface area contributed by atoms with Gasteiger partial charge in [0.05, 0.1) is 12.7 Å². The van der Waals surface area contributed by atoms with E-state index in [9.17, 15) is 0 Å². The molecule has 0 aromatic heterocycles. The van der Waals surface area contributed by atoms with E-state index in [2.05, 4.69) is 20.8 Å². The van der Waals surface area contributed by atoms with E-state index in [1.807, 2.05) is 0 Å². The Morgan fingerprint density at radius 2 is 1.42 bits per heavy atom. The minimum atomic E-state index is 0.358. The van der Waals surface area contributed by atoms with Crippen molar-refractivity contribution in [2.45, 2.75) is 91.1 Å². The van der Waals surface area contributed by atoms with Crippen LogP contribution in [-0.4, -0.2) is 24.4 Å². The lowest BCUT2D eigenvalue weighted by atomic mass is 10.0. The van der Waals surface area contributed by atoms with Gasteiger partial charge in [-0.05, 0) is 19.3 Å². The van der Waals surface area contributed by atoms with Gasteiger partial charge in [-0.3, -0.25) is 0 Å². The van der Waals surface area contributed by atoms with Crippen LogP contribution in [0.25, 0.3) is 0 Å². The van der Waals surface area contributed by atoms with Crippen LogP contribution in [0.1, 0.15) is 85.0 Å². The molecule has 116 valence electrons. The molecule has 0 spiro atoms. The fraction of sp³-hybridized carbons (Fsp3) is 1.00. The molecule has 0 radical (unpaired) electrons. The van der Waals surface area contributed by atoms with Crippen LogP contribution in [-0.2, 0) is 4.74 Å². The average molecular weight is 272 g/mol. The van der Waals surface area contributed by atoms with Gasteiger partial charge in [-0.2, -0.15) is 0 Å². The van der Waals surface area contributed by atoms with Crippen LogP contribution in [0, 0.1) is 5.92 Å². The van der Waals surface area contributed by atoms with Crippen LogP contribution in [0.4, 0.5) is 0 Å². The summed E-state index contributed by atoms with van der Waals surface area (Å²) in [4.78, 5) is 0. The van der Waals surface area contributed by atoms with E-state index in [1.165, 1.54) is 64.2 Å². The largest absolute Gasteiger partial charge is 0.396 e. The maximum Gasteiger partial charge on any atom is 0.0781 e. The zero-order valence-corrected chi connectivity index (χ0v) is 13.5. The van der Waals surface area contributed by atoms with Gasteiger partial charge in [0, 0.05) is 6.61 Å². The minimum Gasteiger partial charge on any atom is -0.396 e. The predicted molar refractivity (Wildman–Crippen MR) is 83.5 cm³/mol. The van der Waals surface area contributed by atoms with Gasteiger partial charge in [0.15, 0.2) is 0 Å². The van der Waals surface area contributed by atoms with E-state index in [4.69, 9.17) is 9.84 Å². The van der Waals surface area contributed by atoms with Crippen LogP contribution in [0.2, 0.25) is 0 Å². The molecule has 19 heavy (non-hydrogen) atoms. The van der Waals surface area contributed by atoms with Gasteiger partial charge in [-0.25, -0.2) is 0 Å². The molecule has 2 atom stereocenters. The molecule has 0 aromatic rings. The molecule has 1 fully saturated rings. The number of aliphatic hydroxyl groups excluding tert-OH is 1. The summed E-state index contributed by atoms with van der Waals surface area (Å²) in [5.74, 6) is 0.509. The third-order valence-corrected chi connectivity index (χ3v) is 3.61. The van der Waals surface area contributed by atoms with Crippen LogP contribution in [0.15, 0.2) is 0 Å². The second-order valence-corrected chi connectivity index (χ2v) is 6.05. The smallest absolute Gasteiger partial charge is 0.0781 e. The molecular formula is C17H36O2. The van der Waals surface area contributed by atoms with Gasteiger partial charge >= 0.3 is 0 Å². The van der Waals surface area contributed by atoms with Crippen molar-refractivity contribution < 1.29 is 9.84 Å². The Bertz CT molecular complexity index is 167. The van der Waals surface area contributed by atoms with Gasteiger partial charge in [0.1, 0.15) is 0 Å². The standard InChI is InChI=1S/C14H30O.C3H6O/c1-3-4-5-6-7-8-9-10-11-12-14(2)13-15;1-3-2-4-3/h14-15H,3-13H2,1-2H3;3H,2H2,1H3. The fourth-order valence-electron chi connectivity index (χ4n) is 1.99. The molecule has 0 aliphatic carbocycles. The van der Waals surface area contributed by atoms with Crippen molar-refractivity contribution in [1.82, 2.24) is 0 Å². The van der Waals surface area contributed by atoms with Crippen molar-refractivity contribution in [3.63, 3.8) is 0 Å². The summed E-state index contributed by atoms with van der Waals surface area (Å²) in [6.45, 7) is 7.80. The normalized spacial score (nSPS) is 18.6. The maximum absolute atomic E-state index is 8.86. The summed E-state index contributed by atoms with van der Waals surface area (Å²) in [6, 6.07) is 0. The number of hydrogen-bond donors (Lipinski definition) is 1. The van der Waals surface area contributed by atoms with Crippen molar-refractivity contribution in [2.24, 2.45) is 5.92 Å². The van der Waals surface area contributed by atoms with Gasteiger partial charge in [-0.15, -0.1) is 0 Å². The molecule has 1 aliphatic rings. The first-order valence-corrected chi connectivity index (χ1v) is 8.43. The second kappa shape index (κ2) is 14.3. The van der Waals surface area contributed by atoms with Gasteiger partial charge in [-0.1, -0.05) is 71.6 Å². The van der Waals surface area contributed by atoms with E-state index in [0.717, 1.165) is 6.61 Å². The van der Waals surface area contributed by atoms with Crippen LogP contribution in [0.3, 0.4) is 0 Å². The predicted octanol–water partition coefficient (Wildman–Crippen LogP) is 4.94. The number of aliphatic hydroxyl groups is 1. The maximum atomic E-state index is 8.86. The lowest BCUT2D eigenvalue weighted by Gasteiger charge is -2.06. The molecule has 0 bridgehead atoms. The molecule has 1 rings (SSSR count). The van der Waals surface area contributed by atoms with Crippen molar-refractivity contribution in [2.75, 3.05) is 13.2 Å². The van der Waals surface area contributed by atoms with E-state index < -0.39 is 0 Å². The average Bonchev–Trinajstić information content (AvgIpc) is 3.19.